The predicted molar refractivity (Wildman–Crippen MR) is 143 cm³/mol. The number of rotatable bonds is 8. The molecule has 2 aromatic carbocycles. The zero-order chi connectivity index (χ0) is 27.5. The molecule has 2 saturated heterocycles. The Kier molecular flexibility index (Phi) is 7.52. The summed E-state index contributed by atoms with van der Waals surface area (Å²) in [6.07, 6.45) is -0.405. The van der Waals surface area contributed by atoms with Crippen LogP contribution in [0.3, 0.4) is 0 Å². The number of carbonyl (C=O) groups excluding carboxylic acids is 3. The first-order valence-corrected chi connectivity index (χ1v) is 13.1. The molecule has 0 spiro atoms. The van der Waals surface area contributed by atoms with Crippen molar-refractivity contribution >= 4 is 28.6 Å². The second-order valence-corrected chi connectivity index (χ2v) is 10.1. The average molecular weight is 530 g/mol. The molecule has 2 fully saturated rings. The lowest BCUT2D eigenvalue weighted by molar-refractivity contribution is -0.127. The quantitative estimate of drug-likeness (QED) is 0.329. The zero-order valence-corrected chi connectivity index (χ0v) is 21.6. The van der Waals surface area contributed by atoms with Crippen molar-refractivity contribution in [2.75, 3.05) is 20.2 Å². The maximum Gasteiger partial charge on any atom is 0.271 e. The molecule has 10 heteroatoms. The average Bonchev–Trinajstić information content (AvgIpc) is 3.70. The molecular weight excluding hydrogens is 498 g/mol. The lowest BCUT2D eigenvalue weighted by Gasteiger charge is -2.27. The van der Waals surface area contributed by atoms with Crippen LogP contribution < -0.4 is 15.4 Å². The Morgan fingerprint density at radius 1 is 1.23 bits per heavy atom. The number of aliphatic hydroxyl groups is 1. The van der Waals surface area contributed by atoms with Crippen LogP contribution in [-0.4, -0.2) is 71.1 Å². The molecule has 0 bridgehead atoms. The Morgan fingerprint density at radius 3 is 2.72 bits per heavy atom. The predicted octanol–water partition coefficient (Wildman–Crippen LogP) is 2.07. The first-order chi connectivity index (χ1) is 18.9. The number of nitrogens with one attached hydrogen (secondary N) is 3. The van der Waals surface area contributed by atoms with E-state index in [0.29, 0.717) is 37.4 Å². The van der Waals surface area contributed by atoms with Crippen molar-refractivity contribution in [1.82, 2.24) is 20.5 Å². The van der Waals surface area contributed by atoms with E-state index in [1.165, 1.54) is 0 Å². The molecule has 2 aliphatic heterocycles. The summed E-state index contributed by atoms with van der Waals surface area (Å²) in [6, 6.07) is 16.9. The fourth-order valence-corrected chi connectivity index (χ4v) is 5.66. The number of benzene rings is 2. The van der Waals surface area contributed by atoms with Crippen molar-refractivity contribution in [3.05, 3.63) is 65.9 Å². The van der Waals surface area contributed by atoms with Crippen LogP contribution in [-0.2, 0) is 9.59 Å². The molecule has 5 rings (SSSR count). The van der Waals surface area contributed by atoms with Gasteiger partial charge in [-0.05, 0) is 43.0 Å². The van der Waals surface area contributed by atoms with E-state index in [1.807, 2.05) is 48.5 Å². The van der Waals surface area contributed by atoms with Crippen molar-refractivity contribution in [3.8, 4) is 11.8 Å². The standard InChI is InChI=1S/C29H31N5O5/c1-39-26-9-5-8-21-20(26)14-23(32-21)29(38)34-16-19(17-6-3-2-4-7-17)13-24(34)28(37)33-22(25(35)15-30)12-18-10-11-31-27(18)36/h2-9,14,18-19,22,24-25,32,35H,10-13,16H2,1H3,(H,31,36)(H,33,37)/t18-,19+,22-,24-,25?/m0/s1. The number of likely N-dealkylation sites (tertiary alicyclic amines) is 1. The molecule has 0 saturated carbocycles. The lowest BCUT2D eigenvalue weighted by Crippen LogP contribution is -2.52. The van der Waals surface area contributed by atoms with Gasteiger partial charge in [0, 0.05) is 35.8 Å². The van der Waals surface area contributed by atoms with Crippen LogP contribution in [0, 0.1) is 17.2 Å². The summed E-state index contributed by atoms with van der Waals surface area (Å²) in [4.78, 5) is 44.3. The Morgan fingerprint density at radius 2 is 2.03 bits per heavy atom. The smallest absolute Gasteiger partial charge is 0.271 e. The molecular formula is C29H31N5O5. The minimum atomic E-state index is -1.49. The highest BCUT2D eigenvalue weighted by Gasteiger charge is 2.42. The lowest BCUT2D eigenvalue weighted by atomic mass is 9.94. The Balaban J connectivity index is 1.42. The molecule has 10 nitrogen and oxygen atoms in total. The third kappa shape index (κ3) is 5.31. The van der Waals surface area contributed by atoms with Crippen LogP contribution in [0.4, 0.5) is 0 Å². The Hall–Kier alpha value is -4.36. The number of amides is 3. The summed E-state index contributed by atoms with van der Waals surface area (Å²) in [5.41, 5.74) is 2.09. The monoisotopic (exact) mass is 529 g/mol. The van der Waals surface area contributed by atoms with E-state index in [9.17, 15) is 24.8 Å². The molecule has 0 aliphatic carbocycles. The van der Waals surface area contributed by atoms with Crippen LogP contribution in [0.5, 0.6) is 5.75 Å². The maximum atomic E-state index is 13.8. The molecule has 1 aromatic heterocycles. The number of carbonyl (C=O) groups is 3. The number of H-pyrrole nitrogens is 1. The van der Waals surface area contributed by atoms with Crippen LogP contribution in [0.2, 0.25) is 0 Å². The number of nitriles is 1. The molecule has 0 radical (unpaired) electrons. The zero-order valence-electron chi connectivity index (χ0n) is 21.6. The largest absolute Gasteiger partial charge is 0.496 e. The van der Waals surface area contributed by atoms with Crippen molar-refractivity contribution in [2.24, 2.45) is 5.92 Å². The molecule has 5 atom stereocenters. The summed E-state index contributed by atoms with van der Waals surface area (Å²) in [5.74, 6) is -0.810. The molecule has 2 aliphatic rings. The van der Waals surface area contributed by atoms with Crippen molar-refractivity contribution in [1.29, 1.82) is 5.26 Å². The topological polar surface area (TPSA) is 148 Å². The van der Waals surface area contributed by atoms with E-state index in [0.717, 1.165) is 16.5 Å². The van der Waals surface area contributed by atoms with Gasteiger partial charge in [0.05, 0.1) is 19.2 Å². The summed E-state index contributed by atoms with van der Waals surface area (Å²) < 4.78 is 5.43. The van der Waals surface area contributed by atoms with Crippen molar-refractivity contribution in [2.45, 2.75) is 43.4 Å². The first kappa shape index (κ1) is 26.3. The number of aromatic amines is 1. The summed E-state index contributed by atoms with van der Waals surface area (Å²) >= 11 is 0. The van der Waals surface area contributed by atoms with Crippen LogP contribution in [0.25, 0.3) is 10.9 Å². The number of aromatic nitrogens is 1. The highest BCUT2D eigenvalue weighted by atomic mass is 16.5. The summed E-state index contributed by atoms with van der Waals surface area (Å²) in [6.45, 7) is 0.843. The van der Waals surface area contributed by atoms with Gasteiger partial charge in [0.15, 0.2) is 6.10 Å². The minimum absolute atomic E-state index is 0.0789. The van der Waals surface area contributed by atoms with Gasteiger partial charge in [-0.3, -0.25) is 14.4 Å². The van der Waals surface area contributed by atoms with Gasteiger partial charge < -0.3 is 30.4 Å². The number of methoxy groups -OCH3 is 1. The van der Waals surface area contributed by atoms with E-state index in [2.05, 4.69) is 15.6 Å². The second-order valence-electron chi connectivity index (χ2n) is 10.1. The van der Waals surface area contributed by atoms with Crippen LogP contribution >= 0.6 is 0 Å². The fourth-order valence-electron chi connectivity index (χ4n) is 5.66. The third-order valence-corrected chi connectivity index (χ3v) is 7.75. The molecule has 3 amide bonds. The number of nitrogens with zero attached hydrogens (tertiary/aromatic N) is 2. The van der Waals surface area contributed by atoms with Crippen molar-refractivity contribution < 1.29 is 24.2 Å². The molecule has 39 heavy (non-hydrogen) atoms. The second kappa shape index (κ2) is 11.2. The fraction of sp³-hybridized carbons (Fsp3) is 0.379. The SMILES string of the molecule is COc1cccc2[nH]c(C(=O)N3C[C@H](c4ccccc4)C[C@H]3C(=O)N[C@@H](C[C@@H]3CCNC3=O)C(O)C#N)cc12. The number of hydrogen-bond acceptors (Lipinski definition) is 6. The van der Waals surface area contributed by atoms with E-state index in [4.69, 9.17) is 4.74 Å². The molecule has 1 unspecified atom stereocenters. The molecule has 3 heterocycles. The van der Waals surface area contributed by atoms with Crippen LogP contribution in [0.1, 0.15) is 41.2 Å². The Bertz CT molecular complexity index is 1410. The van der Waals surface area contributed by atoms with Gasteiger partial charge in [0.2, 0.25) is 11.8 Å². The minimum Gasteiger partial charge on any atom is -0.496 e. The van der Waals surface area contributed by atoms with Gasteiger partial charge in [-0.1, -0.05) is 36.4 Å². The van der Waals surface area contributed by atoms with Crippen LogP contribution in [0.15, 0.2) is 54.6 Å². The van der Waals surface area contributed by atoms with E-state index >= 15 is 0 Å². The van der Waals surface area contributed by atoms with Gasteiger partial charge in [-0.25, -0.2) is 0 Å². The van der Waals surface area contributed by atoms with E-state index in [-0.39, 0.29) is 24.2 Å². The maximum absolute atomic E-state index is 13.8. The number of aliphatic hydroxyl groups excluding tert-OH is 1. The molecule has 4 N–H and O–H groups in total. The normalized spacial score (nSPS) is 22.2. The van der Waals surface area contributed by atoms with E-state index in [1.54, 1.807) is 24.1 Å². The third-order valence-electron chi connectivity index (χ3n) is 7.75. The number of hydrogen-bond donors (Lipinski definition) is 4. The molecule has 202 valence electrons. The highest BCUT2D eigenvalue weighted by Crippen LogP contribution is 2.34. The highest BCUT2D eigenvalue weighted by molar-refractivity contribution is 6.02. The summed E-state index contributed by atoms with van der Waals surface area (Å²) in [5, 5.41) is 26.0. The first-order valence-electron chi connectivity index (χ1n) is 13.1. The van der Waals surface area contributed by atoms with Gasteiger partial charge >= 0.3 is 0 Å². The summed E-state index contributed by atoms with van der Waals surface area (Å²) in [7, 11) is 1.57. The number of fused-ring (bicyclic) bond motifs is 1. The van der Waals surface area contributed by atoms with Gasteiger partial charge in [0.1, 0.15) is 17.5 Å². The van der Waals surface area contributed by atoms with Gasteiger partial charge in [-0.2, -0.15) is 5.26 Å². The molecule has 3 aromatic rings. The van der Waals surface area contributed by atoms with Gasteiger partial charge in [0.25, 0.3) is 5.91 Å². The Labute approximate surface area is 225 Å². The number of ether oxygens (including phenoxy) is 1. The van der Waals surface area contributed by atoms with Crippen molar-refractivity contribution in [3.63, 3.8) is 0 Å². The van der Waals surface area contributed by atoms with E-state index < -0.39 is 30.0 Å². The van der Waals surface area contributed by atoms with Gasteiger partial charge in [-0.15, -0.1) is 0 Å².